The molecule has 0 aliphatic rings. The summed E-state index contributed by atoms with van der Waals surface area (Å²) < 4.78 is 5.37. The van der Waals surface area contributed by atoms with E-state index in [9.17, 15) is 0 Å². The van der Waals surface area contributed by atoms with Crippen molar-refractivity contribution in [3.63, 3.8) is 0 Å². The minimum atomic E-state index is 0.250. The Labute approximate surface area is 151 Å². The molecule has 2 heteroatoms. The SMILES string of the molecule is C=C(CCC(C)CCC(C)CCOSC)C(C)(C)CC(C)(C)C. The summed E-state index contributed by atoms with van der Waals surface area (Å²) in [5.41, 5.74) is 2.05. The zero-order valence-corrected chi connectivity index (χ0v) is 17.9. The summed E-state index contributed by atoms with van der Waals surface area (Å²) in [5, 5.41) is 0. The van der Waals surface area contributed by atoms with Crippen molar-refractivity contribution in [1.29, 1.82) is 0 Å². The highest BCUT2D eigenvalue weighted by Crippen LogP contribution is 2.40. The average molecular weight is 343 g/mol. The highest BCUT2D eigenvalue weighted by Gasteiger charge is 2.27. The van der Waals surface area contributed by atoms with E-state index in [0.717, 1.165) is 18.4 Å². The van der Waals surface area contributed by atoms with Crippen molar-refractivity contribution < 1.29 is 4.18 Å². The second-order valence-electron chi connectivity index (χ2n) is 9.33. The Kier molecular flexibility index (Phi) is 10.8. The van der Waals surface area contributed by atoms with E-state index in [1.165, 1.54) is 56.1 Å². The fraction of sp³-hybridized carbons (Fsp3) is 0.905. The first kappa shape index (κ1) is 23.1. The molecule has 23 heavy (non-hydrogen) atoms. The Hall–Kier alpha value is 0.0500. The molecule has 0 saturated carbocycles. The Bertz CT molecular complexity index is 327. The molecule has 0 saturated heterocycles. The van der Waals surface area contributed by atoms with E-state index >= 15 is 0 Å². The van der Waals surface area contributed by atoms with Crippen LogP contribution in [0.2, 0.25) is 0 Å². The number of hydrogen-bond donors (Lipinski definition) is 0. The molecule has 0 bridgehead atoms. The second kappa shape index (κ2) is 10.8. The predicted molar refractivity (Wildman–Crippen MR) is 108 cm³/mol. The molecule has 0 aromatic rings. The van der Waals surface area contributed by atoms with Crippen LogP contribution in [0.25, 0.3) is 0 Å². The fourth-order valence-electron chi connectivity index (χ4n) is 3.40. The van der Waals surface area contributed by atoms with Gasteiger partial charge in [0.25, 0.3) is 0 Å². The van der Waals surface area contributed by atoms with Crippen molar-refractivity contribution in [3.8, 4) is 0 Å². The van der Waals surface area contributed by atoms with Crippen molar-refractivity contribution in [1.82, 2.24) is 0 Å². The van der Waals surface area contributed by atoms with E-state index in [4.69, 9.17) is 4.18 Å². The molecule has 0 spiro atoms. The Morgan fingerprint density at radius 3 is 1.96 bits per heavy atom. The third kappa shape index (κ3) is 12.1. The van der Waals surface area contributed by atoms with E-state index in [1.807, 2.05) is 6.26 Å². The van der Waals surface area contributed by atoms with Crippen molar-refractivity contribution in [2.45, 2.75) is 87.0 Å². The van der Waals surface area contributed by atoms with Crippen LogP contribution in [0.3, 0.4) is 0 Å². The molecular weight excluding hydrogens is 300 g/mol. The minimum Gasteiger partial charge on any atom is -0.316 e. The zero-order chi connectivity index (χ0) is 18.1. The van der Waals surface area contributed by atoms with E-state index in [-0.39, 0.29) is 5.41 Å². The molecular formula is C21H42OS. The molecule has 0 fully saturated rings. The van der Waals surface area contributed by atoms with E-state index in [2.05, 4.69) is 55.0 Å². The van der Waals surface area contributed by atoms with Crippen LogP contribution < -0.4 is 0 Å². The molecule has 0 amide bonds. The molecule has 1 nitrogen and oxygen atoms in total. The first-order chi connectivity index (χ1) is 10.5. The number of hydrogen-bond acceptors (Lipinski definition) is 2. The fourth-order valence-corrected chi connectivity index (χ4v) is 3.66. The normalized spacial score (nSPS) is 15.5. The molecule has 138 valence electrons. The lowest BCUT2D eigenvalue weighted by Gasteiger charge is -2.34. The summed E-state index contributed by atoms with van der Waals surface area (Å²) in [6.07, 6.45) is 9.47. The molecule has 0 radical (unpaired) electrons. The van der Waals surface area contributed by atoms with Crippen LogP contribution >= 0.6 is 12.0 Å². The van der Waals surface area contributed by atoms with Crippen molar-refractivity contribution in [2.24, 2.45) is 22.7 Å². The summed E-state index contributed by atoms with van der Waals surface area (Å²) in [4.78, 5) is 0. The molecule has 0 aliphatic heterocycles. The third-order valence-corrected chi connectivity index (χ3v) is 5.23. The van der Waals surface area contributed by atoms with Crippen LogP contribution in [0, 0.1) is 22.7 Å². The molecule has 0 heterocycles. The Morgan fingerprint density at radius 1 is 0.957 bits per heavy atom. The highest BCUT2D eigenvalue weighted by molar-refractivity contribution is 7.93. The Balaban J connectivity index is 4.04. The number of allylic oxidation sites excluding steroid dienone is 1. The van der Waals surface area contributed by atoms with E-state index in [1.54, 1.807) is 0 Å². The van der Waals surface area contributed by atoms with Gasteiger partial charge in [-0.05, 0) is 60.4 Å². The molecule has 0 aliphatic carbocycles. The summed E-state index contributed by atoms with van der Waals surface area (Å²) in [5.74, 6) is 1.56. The first-order valence-corrected chi connectivity index (χ1v) is 10.5. The van der Waals surface area contributed by atoms with Gasteiger partial charge < -0.3 is 4.18 Å². The first-order valence-electron chi connectivity index (χ1n) is 9.32. The van der Waals surface area contributed by atoms with Gasteiger partial charge in [-0.3, -0.25) is 0 Å². The van der Waals surface area contributed by atoms with E-state index < -0.39 is 0 Å². The summed E-state index contributed by atoms with van der Waals surface area (Å²) in [6.45, 7) is 21.7. The monoisotopic (exact) mass is 342 g/mol. The van der Waals surface area contributed by atoms with Crippen LogP contribution in [-0.4, -0.2) is 12.9 Å². The predicted octanol–water partition coefficient (Wildman–Crippen LogP) is 7.52. The lowest BCUT2D eigenvalue weighted by Crippen LogP contribution is -2.22. The van der Waals surface area contributed by atoms with Crippen LogP contribution in [0.4, 0.5) is 0 Å². The largest absolute Gasteiger partial charge is 0.316 e. The number of rotatable bonds is 12. The topological polar surface area (TPSA) is 9.23 Å². The lowest BCUT2D eigenvalue weighted by molar-refractivity contribution is 0.242. The summed E-state index contributed by atoms with van der Waals surface area (Å²) in [6, 6.07) is 0. The van der Waals surface area contributed by atoms with Gasteiger partial charge in [-0.1, -0.05) is 73.5 Å². The van der Waals surface area contributed by atoms with Gasteiger partial charge in [0.05, 0.1) is 6.61 Å². The standard InChI is InChI=1S/C21H42OS/c1-17(10-11-18(2)14-15-22-23-9)12-13-19(3)21(7,8)16-20(4,5)6/h17-18H,3,10-16H2,1-2,4-9H3. The maximum Gasteiger partial charge on any atom is 0.0616 e. The van der Waals surface area contributed by atoms with Crippen LogP contribution in [-0.2, 0) is 4.18 Å². The smallest absolute Gasteiger partial charge is 0.0616 e. The van der Waals surface area contributed by atoms with Gasteiger partial charge in [-0.15, -0.1) is 0 Å². The lowest BCUT2D eigenvalue weighted by atomic mass is 9.71. The van der Waals surface area contributed by atoms with Crippen LogP contribution in [0.1, 0.15) is 87.0 Å². The molecule has 0 N–H and O–H groups in total. The maximum atomic E-state index is 5.37. The van der Waals surface area contributed by atoms with Crippen molar-refractivity contribution >= 4 is 12.0 Å². The van der Waals surface area contributed by atoms with Gasteiger partial charge >= 0.3 is 0 Å². The quantitative estimate of drug-likeness (QED) is 0.206. The molecule has 2 unspecified atom stereocenters. The highest BCUT2D eigenvalue weighted by atomic mass is 32.2. The Morgan fingerprint density at radius 2 is 1.48 bits per heavy atom. The molecule has 0 rings (SSSR count). The third-order valence-electron chi connectivity index (χ3n) is 4.83. The summed E-state index contributed by atoms with van der Waals surface area (Å²) in [7, 11) is 0. The van der Waals surface area contributed by atoms with Gasteiger partial charge in [0.15, 0.2) is 0 Å². The molecule has 0 aromatic heterocycles. The summed E-state index contributed by atoms with van der Waals surface area (Å²) >= 11 is 1.48. The molecule has 2 atom stereocenters. The minimum absolute atomic E-state index is 0.250. The van der Waals surface area contributed by atoms with Crippen molar-refractivity contribution in [2.75, 3.05) is 12.9 Å². The van der Waals surface area contributed by atoms with Crippen LogP contribution in [0.5, 0.6) is 0 Å². The maximum absolute atomic E-state index is 5.37. The van der Waals surface area contributed by atoms with E-state index in [0.29, 0.717) is 5.41 Å². The zero-order valence-electron chi connectivity index (χ0n) is 17.1. The van der Waals surface area contributed by atoms with Crippen LogP contribution in [0.15, 0.2) is 12.2 Å². The van der Waals surface area contributed by atoms with Gasteiger partial charge in [0, 0.05) is 6.26 Å². The van der Waals surface area contributed by atoms with Gasteiger partial charge in [-0.25, -0.2) is 0 Å². The average Bonchev–Trinajstić information content (AvgIpc) is 2.40. The van der Waals surface area contributed by atoms with Gasteiger partial charge in [0.2, 0.25) is 0 Å². The van der Waals surface area contributed by atoms with Gasteiger partial charge in [0.1, 0.15) is 0 Å². The second-order valence-corrected chi connectivity index (χ2v) is 9.90. The van der Waals surface area contributed by atoms with Gasteiger partial charge in [-0.2, -0.15) is 0 Å². The molecule has 0 aromatic carbocycles. The van der Waals surface area contributed by atoms with Crippen molar-refractivity contribution in [3.05, 3.63) is 12.2 Å².